The molecule has 1 aliphatic heterocycles. The number of aliphatic hydroxyl groups excluding tert-OH is 3. The molecule has 7 rings (SSSR count). The van der Waals surface area contributed by atoms with Crippen LogP contribution in [0.2, 0.25) is 0 Å². The van der Waals surface area contributed by atoms with Gasteiger partial charge in [-0.15, -0.1) is 0 Å². The Hall–Kier alpha value is -6.17. The lowest BCUT2D eigenvalue weighted by Gasteiger charge is -2.42. The highest BCUT2D eigenvalue weighted by Crippen LogP contribution is 2.34. The van der Waals surface area contributed by atoms with Crippen LogP contribution in [0.15, 0.2) is 94.6 Å². The first-order chi connectivity index (χ1) is 26.8. The molecule has 1 aliphatic rings. The fourth-order valence-electron chi connectivity index (χ4n) is 6.80. The summed E-state index contributed by atoms with van der Waals surface area (Å²) >= 11 is 0. The van der Waals surface area contributed by atoms with Crippen LogP contribution in [-0.2, 0) is 19.1 Å². The summed E-state index contributed by atoms with van der Waals surface area (Å²) in [6.07, 6.45) is -6.40. The molecule has 56 heavy (non-hydrogen) atoms. The van der Waals surface area contributed by atoms with E-state index in [1.54, 1.807) is 24.5 Å². The average Bonchev–Trinajstić information content (AvgIpc) is 3.74. The number of benzene rings is 3. The number of nitrogens with zero attached hydrogens (tertiary/aromatic N) is 1. The van der Waals surface area contributed by atoms with Crippen molar-refractivity contribution in [3.05, 3.63) is 107 Å². The zero-order chi connectivity index (χ0) is 39.8. The zero-order valence-electron chi connectivity index (χ0n) is 30.3. The van der Waals surface area contributed by atoms with Crippen molar-refractivity contribution >= 4 is 33.8 Å². The van der Waals surface area contributed by atoms with Crippen molar-refractivity contribution in [2.24, 2.45) is 5.92 Å². The molecular weight excluding hydrogens is 730 g/mol. The minimum atomic E-state index is -2.26. The number of nitrogens with one attached hydrogen (secondary N) is 2. The summed E-state index contributed by atoms with van der Waals surface area (Å²) in [5.74, 6) is -4.45. The van der Waals surface area contributed by atoms with Gasteiger partial charge in [-0.25, -0.2) is 0 Å². The van der Waals surface area contributed by atoms with Gasteiger partial charge in [0.15, 0.2) is 17.5 Å². The second kappa shape index (κ2) is 15.5. The lowest BCUT2D eigenvalue weighted by molar-refractivity contribution is -0.318. The highest BCUT2D eigenvalue weighted by Gasteiger charge is 2.52. The van der Waals surface area contributed by atoms with E-state index in [-0.39, 0.29) is 40.0 Å². The first-order valence-electron chi connectivity index (χ1n) is 17.6. The van der Waals surface area contributed by atoms with E-state index < -0.39 is 54.9 Å². The molecule has 7 N–H and O–H groups in total. The van der Waals surface area contributed by atoms with Gasteiger partial charge in [-0.3, -0.25) is 14.4 Å². The van der Waals surface area contributed by atoms with Gasteiger partial charge in [0.2, 0.25) is 18.7 Å². The number of aromatic amines is 1. The SMILES string of the molecule is CNC[C@@H](C(=O)O)C(=O)O[C@H](O)[C@@H]1O[C@H](Oc2ccc3c(=O)c(-c4ccc(O)cc4)coc3c2)[C@@H](On2cc3cc[nH]c3c2-c2cc(C)cc(C)c2)[C@H](O)[C@H]1O. The number of phenolic OH excluding ortho intramolecular Hbond substituents is 1. The van der Waals surface area contributed by atoms with E-state index in [1.165, 1.54) is 48.4 Å². The summed E-state index contributed by atoms with van der Waals surface area (Å²) in [4.78, 5) is 47.5. The molecule has 3 aromatic heterocycles. The number of carboxylic acids is 1. The minimum Gasteiger partial charge on any atom is -0.508 e. The fourth-order valence-corrected chi connectivity index (χ4v) is 6.80. The molecule has 4 heterocycles. The molecule has 0 spiro atoms. The van der Waals surface area contributed by atoms with E-state index in [9.17, 15) is 39.9 Å². The number of carbonyl (C=O) groups is 2. The van der Waals surface area contributed by atoms with Crippen molar-refractivity contribution in [2.45, 2.75) is 50.8 Å². The number of hydrogen-bond acceptors (Lipinski definition) is 13. The van der Waals surface area contributed by atoms with E-state index in [0.29, 0.717) is 16.8 Å². The monoisotopic (exact) mass is 769 g/mol. The van der Waals surface area contributed by atoms with Gasteiger partial charge in [-0.1, -0.05) is 29.3 Å². The summed E-state index contributed by atoms with van der Waals surface area (Å²) in [5, 5.41) is 56.6. The summed E-state index contributed by atoms with van der Waals surface area (Å²) in [6.45, 7) is 3.58. The highest BCUT2D eigenvalue weighted by molar-refractivity contribution is 5.94. The van der Waals surface area contributed by atoms with E-state index in [4.69, 9.17) is 23.5 Å². The number of rotatable bonds is 12. The van der Waals surface area contributed by atoms with Gasteiger partial charge in [0.1, 0.15) is 41.2 Å². The van der Waals surface area contributed by atoms with Crippen molar-refractivity contribution in [3.63, 3.8) is 0 Å². The van der Waals surface area contributed by atoms with Crippen molar-refractivity contribution in [2.75, 3.05) is 13.6 Å². The predicted octanol–water partition coefficient (Wildman–Crippen LogP) is 2.84. The Bertz CT molecular complexity index is 2430. The maximum atomic E-state index is 13.4. The van der Waals surface area contributed by atoms with Gasteiger partial charge in [-0.05, 0) is 68.9 Å². The van der Waals surface area contributed by atoms with Crippen LogP contribution in [0, 0.1) is 19.8 Å². The van der Waals surface area contributed by atoms with Gasteiger partial charge < -0.3 is 59.3 Å². The molecular formula is C40H39N3O13. The first kappa shape index (κ1) is 38.1. The Morgan fingerprint density at radius 2 is 1.71 bits per heavy atom. The highest BCUT2D eigenvalue weighted by atomic mass is 16.8. The molecule has 16 nitrogen and oxygen atoms in total. The molecule has 1 fully saturated rings. The minimum absolute atomic E-state index is 0.0348. The zero-order valence-corrected chi connectivity index (χ0v) is 30.3. The van der Waals surface area contributed by atoms with Crippen LogP contribution in [0.5, 0.6) is 11.5 Å². The number of aliphatic carboxylic acids is 1. The molecule has 6 aromatic rings. The molecule has 0 saturated carbocycles. The molecule has 0 unspecified atom stereocenters. The van der Waals surface area contributed by atoms with Gasteiger partial charge in [-0.2, -0.15) is 4.73 Å². The third kappa shape index (κ3) is 7.43. The van der Waals surface area contributed by atoms with Crippen LogP contribution in [0.25, 0.3) is 44.3 Å². The molecule has 0 radical (unpaired) electrons. The molecule has 292 valence electrons. The number of aliphatic hydroxyl groups is 3. The lowest BCUT2D eigenvalue weighted by atomic mass is 9.98. The molecule has 7 atom stereocenters. The number of phenols is 1. The number of fused-ring (bicyclic) bond motifs is 2. The van der Waals surface area contributed by atoms with Crippen LogP contribution >= 0.6 is 0 Å². The normalized spacial score (nSPS) is 20.8. The topological polar surface area (TPSA) is 235 Å². The molecule has 1 saturated heterocycles. The molecule has 16 heteroatoms. The van der Waals surface area contributed by atoms with Gasteiger partial charge in [0.05, 0.1) is 22.7 Å². The van der Waals surface area contributed by atoms with Crippen molar-refractivity contribution in [1.82, 2.24) is 15.0 Å². The third-order valence-corrected chi connectivity index (χ3v) is 9.49. The number of aromatic nitrogens is 2. The second-order valence-electron chi connectivity index (χ2n) is 13.6. The first-order valence-corrected chi connectivity index (χ1v) is 17.6. The number of aryl methyl sites for hydroxylation is 2. The maximum Gasteiger partial charge on any atom is 0.324 e. The van der Waals surface area contributed by atoms with Crippen LogP contribution in [0.4, 0.5) is 0 Å². The van der Waals surface area contributed by atoms with Gasteiger partial charge in [0.25, 0.3) is 0 Å². The third-order valence-electron chi connectivity index (χ3n) is 9.49. The Morgan fingerprint density at radius 1 is 0.982 bits per heavy atom. The second-order valence-corrected chi connectivity index (χ2v) is 13.6. The number of esters is 1. The van der Waals surface area contributed by atoms with Crippen LogP contribution < -0.4 is 20.3 Å². The summed E-state index contributed by atoms with van der Waals surface area (Å²) < 4.78 is 24.4. The summed E-state index contributed by atoms with van der Waals surface area (Å²) in [7, 11) is 1.43. The van der Waals surface area contributed by atoms with E-state index in [2.05, 4.69) is 10.3 Å². The van der Waals surface area contributed by atoms with Gasteiger partial charge in [0, 0.05) is 29.8 Å². The van der Waals surface area contributed by atoms with Crippen molar-refractivity contribution < 1.29 is 58.6 Å². The lowest BCUT2D eigenvalue weighted by Crippen LogP contribution is -2.65. The standard InChI is InChI=1S/C40H39N3O13/c1-19-12-20(2)14-23(13-19)31-30-22(10-11-42-30)17-43(31)56-36-34(47)33(46)35(39(51)55-38(50)27(16-41-3)37(48)49)54-40(36)53-25-8-9-26-29(15-25)52-18-28(32(26)45)21-4-6-24(44)7-5-21/h4-15,17-18,27,33-36,39-42,44,46-47,51H,16H2,1-3H3,(H,48,49)/t27-,33+,34+,35+,36-,39-,40-/m0/s1. The van der Waals surface area contributed by atoms with E-state index >= 15 is 0 Å². The predicted molar refractivity (Wildman–Crippen MR) is 200 cm³/mol. The van der Waals surface area contributed by atoms with Crippen LogP contribution in [0.3, 0.4) is 0 Å². The van der Waals surface area contributed by atoms with Crippen molar-refractivity contribution in [1.29, 1.82) is 0 Å². The van der Waals surface area contributed by atoms with Crippen LogP contribution in [-0.4, -0.2) is 97.8 Å². The smallest absolute Gasteiger partial charge is 0.324 e. The molecule has 0 bridgehead atoms. The average molecular weight is 770 g/mol. The Balaban J connectivity index is 1.24. The fraction of sp³-hybridized carbons (Fsp3) is 0.275. The molecule has 3 aromatic carbocycles. The Morgan fingerprint density at radius 3 is 2.41 bits per heavy atom. The largest absolute Gasteiger partial charge is 0.508 e. The number of aromatic hydroxyl groups is 1. The van der Waals surface area contributed by atoms with Crippen molar-refractivity contribution in [3.8, 4) is 33.9 Å². The van der Waals surface area contributed by atoms with E-state index in [0.717, 1.165) is 22.1 Å². The van der Waals surface area contributed by atoms with E-state index in [1.807, 2.05) is 38.1 Å². The summed E-state index contributed by atoms with van der Waals surface area (Å²) in [5.41, 5.74) is 4.56. The molecule has 0 aliphatic carbocycles. The number of hydrogen-bond donors (Lipinski definition) is 7. The van der Waals surface area contributed by atoms with Crippen LogP contribution in [0.1, 0.15) is 11.1 Å². The number of ether oxygens (including phenoxy) is 3. The number of carbonyl (C=O) groups excluding carboxylic acids is 1. The van der Waals surface area contributed by atoms with Gasteiger partial charge >= 0.3 is 11.9 Å². The quantitative estimate of drug-likeness (QED) is 0.0539. The maximum absolute atomic E-state index is 13.4. The Kier molecular flexibility index (Phi) is 10.6. The molecule has 0 amide bonds. The Labute approximate surface area is 318 Å². The number of H-pyrrole nitrogens is 1. The summed E-state index contributed by atoms with van der Waals surface area (Å²) in [6, 6.07) is 18.1. The number of carboxylic acid groups (broad SMARTS) is 1.